The predicted molar refractivity (Wildman–Crippen MR) is 60.2 cm³/mol. The van der Waals surface area contributed by atoms with Crippen molar-refractivity contribution >= 4 is 0 Å². The van der Waals surface area contributed by atoms with Gasteiger partial charge in [-0.3, -0.25) is 0 Å². The second-order valence-corrected chi connectivity index (χ2v) is 3.59. The molecule has 2 heteroatoms. The third-order valence-corrected chi connectivity index (χ3v) is 2.34. The highest BCUT2D eigenvalue weighted by Gasteiger charge is 2.04. The first kappa shape index (κ1) is 10.9. The van der Waals surface area contributed by atoms with Crippen molar-refractivity contribution in [1.29, 1.82) is 0 Å². The van der Waals surface area contributed by atoms with Gasteiger partial charge in [0.25, 0.3) is 0 Å². The van der Waals surface area contributed by atoms with E-state index in [0.29, 0.717) is 0 Å². The summed E-state index contributed by atoms with van der Waals surface area (Å²) in [6.07, 6.45) is 8.53. The molecule has 0 aliphatic heterocycles. The standard InChI is InChI=1S/C12H18N2/c1-4-13-14-9-11(3)12-7-5-10(2)6-8-12/h5,7,9H,4,6,8H2,1-3H3/b11-9+,14-13?. The molecule has 0 aromatic rings. The largest absolute Gasteiger partial charge is 0.190 e. The summed E-state index contributed by atoms with van der Waals surface area (Å²) in [5.74, 6) is 0. The van der Waals surface area contributed by atoms with E-state index in [2.05, 4.69) is 36.2 Å². The Kier molecular flexibility index (Phi) is 4.30. The number of rotatable bonds is 3. The van der Waals surface area contributed by atoms with Gasteiger partial charge in [0.15, 0.2) is 0 Å². The fourth-order valence-electron chi connectivity index (χ4n) is 1.36. The second-order valence-electron chi connectivity index (χ2n) is 3.59. The highest BCUT2D eigenvalue weighted by molar-refractivity contribution is 5.36. The lowest BCUT2D eigenvalue weighted by atomic mass is 9.95. The van der Waals surface area contributed by atoms with Crippen molar-refractivity contribution in [3.63, 3.8) is 0 Å². The van der Waals surface area contributed by atoms with Crippen LogP contribution in [-0.2, 0) is 0 Å². The summed E-state index contributed by atoms with van der Waals surface area (Å²) in [7, 11) is 0. The molecule has 0 saturated carbocycles. The van der Waals surface area contributed by atoms with Gasteiger partial charge in [0.2, 0.25) is 0 Å². The minimum Gasteiger partial charge on any atom is -0.190 e. The molecule has 0 radical (unpaired) electrons. The van der Waals surface area contributed by atoms with Crippen LogP contribution in [0.3, 0.4) is 0 Å². The first-order valence-corrected chi connectivity index (χ1v) is 5.14. The first-order chi connectivity index (χ1) is 6.74. The molecule has 0 aromatic heterocycles. The molecule has 1 aliphatic rings. The van der Waals surface area contributed by atoms with Gasteiger partial charge in [-0.2, -0.15) is 10.2 Å². The van der Waals surface area contributed by atoms with E-state index in [1.54, 1.807) is 0 Å². The van der Waals surface area contributed by atoms with Crippen LogP contribution in [-0.4, -0.2) is 6.54 Å². The maximum atomic E-state index is 3.99. The topological polar surface area (TPSA) is 24.7 Å². The normalized spacial score (nSPS) is 18.4. The van der Waals surface area contributed by atoms with Gasteiger partial charge in [-0.1, -0.05) is 17.7 Å². The van der Waals surface area contributed by atoms with Crippen LogP contribution in [0.1, 0.15) is 33.6 Å². The van der Waals surface area contributed by atoms with Crippen molar-refractivity contribution in [2.45, 2.75) is 33.6 Å². The number of nitrogens with zero attached hydrogens (tertiary/aromatic N) is 2. The fourth-order valence-corrected chi connectivity index (χ4v) is 1.36. The predicted octanol–water partition coefficient (Wildman–Crippen LogP) is 4.03. The third kappa shape index (κ3) is 3.29. The second kappa shape index (κ2) is 5.53. The van der Waals surface area contributed by atoms with E-state index in [0.717, 1.165) is 13.0 Å². The monoisotopic (exact) mass is 190 g/mol. The van der Waals surface area contributed by atoms with Crippen LogP contribution in [0.15, 0.2) is 45.3 Å². The van der Waals surface area contributed by atoms with Crippen LogP contribution in [0.5, 0.6) is 0 Å². The lowest BCUT2D eigenvalue weighted by Gasteiger charge is -2.11. The van der Waals surface area contributed by atoms with Crippen molar-refractivity contribution in [2.24, 2.45) is 10.2 Å². The molecule has 1 rings (SSSR count). The van der Waals surface area contributed by atoms with Gasteiger partial charge in [0.05, 0.1) is 12.7 Å². The first-order valence-electron chi connectivity index (χ1n) is 5.14. The maximum Gasteiger partial charge on any atom is 0.0574 e. The Balaban J connectivity index is 2.65. The molecule has 0 N–H and O–H groups in total. The van der Waals surface area contributed by atoms with Gasteiger partial charge in [-0.05, 0) is 44.8 Å². The van der Waals surface area contributed by atoms with Gasteiger partial charge < -0.3 is 0 Å². The summed E-state index contributed by atoms with van der Waals surface area (Å²) in [5.41, 5.74) is 4.06. The zero-order valence-corrected chi connectivity index (χ0v) is 9.25. The zero-order chi connectivity index (χ0) is 10.4. The molecule has 0 amide bonds. The quantitative estimate of drug-likeness (QED) is 0.600. The molecule has 2 nitrogen and oxygen atoms in total. The summed E-state index contributed by atoms with van der Waals surface area (Å²) < 4.78 is 0. The molecule has 0 fully saturated rings. The lowest BCUT2D eigenvalue weighted by Crippen LogP contribution is -1.92. The van der Waals surface area contributed by atoms with Crippen LogP contribution in [0.4, 0.5) is 0 Å². The van der Waals surface area contributed by atoms with E-state index in [1.807, 2.05) is 13.1 Å². The Morgan fingerprint density at radius 3 is 2.79 bits per heavy atom. The summed E-state index contributed by atoms with van der Waals surface area (Å²) >= 11 is 0. The summed E-state index contributed by atoms with van der Waals surface area (Å²) in [6.45, 7) is 7.00. The smallest absolute Gasteiger partial charge is 0.0574 e. The molecule has 76 valence electrons. The Morgan fingerprint density at radius 1 is 1.43 bits per heavy atom. The van der Waals surface area contributed by atoms with E-state index in [1.165, 1.54) is 23.1 Å². The molecule has 1 aliphatic carbocycles. The van der Waals surface area contributed by atoms with E-state index in [9.17, 15) is 0 Å². The minimum atomic E-state index is 0.752. The molecule has 0 aromatic carbocycles. The highest BCUT2D eigenvalue weighted by atomic mass is 15.1. The Hall–Kier alpha value is -1.18. The van der Waals surface area contributed by atoms with Crippen molar-refractivity contribution in [2.75, 3.05) is 6.54 Å². The molecule has 0 unspecified atom stereocenters. The molecule has 0 atom stereocenters. The van der Waals surface area contributed by atoms with Crippen molar-refractivity contribution < 1.29 is 0 Å². The van der Waals surface area contributed by atoms with E-state index >= 15 is 0 Å². The van der Waals surface area contributed by atoms with Crippen molar-refractivity contribution in [1.82, 2.24) is 0 Å². The van der Waals surface area contributed by atoms with Gasteiger partial charge >= 0.3 is 0 Å². The molecule has 0 saturated heterocycles. The maximum absolute atomic E-state index is 3.99. The van der Waals surface area contributed by atoms with Gasteiger partial charge in [0, 0.05) is 0 Å². The SMILES string of the molecule is CCN=N/C=C(\C)C1=CC=C(C)CC1. The Morgan fingerprint density at radius 2 is 2.21 bits per heavy atom. The number of hydrogen-bond donors (Lipinski definition) is 0. The number of allylic oxidation sites excluding steroid dienone is 5. The molecule has 0 bridgehead atoms. The molecule has 0 spiro atoms. The van der Waals surface area contributed by atoms with Crippen molar-refractivity contribution in [3.8, 4) is 0 Å². The van der Waals surface area contributed by atoms with Crippen LogP contribution in [0, 0.1) is 0 Å². The molecule has 0 heterocycles. The average Bonchev–Trinajstić information content (AvgIpc) is 2.19. The molecular weight excluding hydrogens is 172 g/mol. The lowest BCUT2D eigenvalue weighted by molar-refractivity contribution is 0.907. The number of azo groups is 1. The third-order valence-electron chi connectivity index (χ3n) is 2.34. The average molecular weight is 190 g/mol. The van der Waals surface area contributed by atoms with Gasteiger partial charge in [-0.15, -0.1) is 0 Å². The summed E-state index contributed by atoms with van der Waals surface area (Å²) in [6, 6.07) is 0. The van der Waals surface area contributed by atoms with Crippen LogP contribution in [0.2, 0.25) is 0 Å². The van der Waals surface area contributed by atoms with Gasteiger partial charge in [-0.25, -0.2) is 0 Å². The minimum absolute atomic E-state index is 0.752. The van der Waals surface area contributed by atoms with Crippen LogP contribution < -0.4 is 0 Å². The summed E-state index contributed by atoms with van der Waals surface area (Å²) in [5, 5.41) is 7.91. The number of hydrogen-bond acceptors (Lipinski definition) is 2. The zero-order valence-electron chi connectivity index (χ0n) is 9.25. The molecule has 14 heavy (non-hydrogen) atoms. The Labute approximate surface area is 86.1 Å². The van der Waals surface area contributed by atoms with Crippen LogP contribution >= 0.6 is 0 Å². The Bertz CT molecular complexity index is 306. The fraction of sp³-hybridized carbons (Fsp3) is 0.500. The molecular formula is C12H18N2. The highest BCUT2D eigenvalue weighted by Crippen LogP contribution is 2.23. The van der Waals surface area contributed by atoms with Gasteiger partial charge in [0.1, 0.15) is 0 Å². The van der Waals surface area contributed by atoms with E-state index in [4.69, 9.17) is 0 Å². The summed E-state index contributed by atoms with van der Waals surface area (Å²) in [4.78, 5) is 0. The van der Waals surface area contributed by atoms with E-state index < -0.39 is 0 Å². The van der Waals surface area contributed by atoms with Crippen molar-refractivity contribution in [3.05, 3.63) is 35.1 Å². The van der Waals surface area contributed by atoms with E-state index in [-0.39, 0.29) is 0 Å². The van der Waals surface area contributed by atoms with Crippen LogP contribution in [0.25, 0.3) is 0 Å².